The van der Waals surface area contributed by atoms with Crippen LogP contribution in [-0.2, 0) is 9.59 Å². The van der Waals surface area contributed by atoms with Crippen LogP contribution in [0.2, 0.25) is 5.02 Å². The van der Waals surface area contributed by atoms with E-state index in [0.717, 1.165) is 11.1 Å². The smallest absolute Gasteiger partial charge is 0.282 e. The Kier molecular flexibility index (Phi) is 5.66. The topological polar surface area (TPSA) is 49.4 Å². The number of carbonyl (C=O) groups is 2. The Hall–Kier alpha value is -3.37. The summed E-state index contributed by atoms with van der Waals surface area (Å²) < 4.78 is 0. The lowest BCUT2D eigenvalue weighted by molar-refractivity contribution is -0.120. The van der Waals surface area contributed by atoms with Gasteiger partial charge in [0.1, 0.15) is 5.70 Å². The van der Waals surface area contributed by atoms with Gasteiger partial charge in [-0.3, -0.25) is 9.59 Å². The lowest BCUT2D eigenvalue weighted by Gasteiger charge is -2.16. The molecule has 5 heteroatoms. The van der Waals surface area contributed by atoms with Gasteiger partial charge in [0.15, 0.2) is 0 Å². The molecule has 31 heavy (non-hydrogen) atoms. The van der Waals surface area contributed by atoms with Crippen LogP contribution in [0.25, 0.3) is 5.57 Å². The molecule has 0 atom stereocenters. The lowest BCUT2D eigenvalue weighted by atomic mass is 10.0. The van der Waals surface area contributed by atoms with Crippen molar-refractivity contribution < 1.29 is 9.59 Å². The molecule has 0 saturated carbocycles. The second-order valence-corrected chi connectivity index (χ2v) is 8.30. The summed E-state index contributed by atoms with van der Waals surface area (Å²) in [6.07, 6.45) is 0. The van der Waals surface area contributed by atoms with E-state index in [4.69, 9.17) is 11.6 Å². The number of carbonyl (C=O) groups excluding carboxylic acids is 2. The molecule has 0 spiro atoms. The molecule has 0 aliphatic carbocycles. The fourth-order valence-electron chi connectivity index (χ4n) is 3.58. The van der Waals surface area contributed by atoms with Crippen molar-refractivity contribution in [2.24, 2.45) is 0 Å². The van der Waals surface area contributed by atoms with Crippen molar-refractivity contribution in [3.8, 4) is 0 Å². The number of hydrogen-bond donors (Lipinski definition) is 1. The molecule has 0 bridgehead atoms. The van der Waals surface area contributed by atoms with Gasteiger partial charge in [-0.25, -0.2) is 4.90 Å². The van der Waals surface area contributed by atoms with Gasteiger partial charge in [-0.15, -0.1) is 0 Å². The van der Waals surface area contributed by atoms with Crippen LogP contribution in [0.3, 0.4) is 0 Å². The van der Waals surface area contributed by atoms with Gasteiger partial charge in [0.25, 0.3) is 11.8 Å². The molecule has 1 N–H and O–H groups in total. The Morgan fingerprint density at radius 1 is 0.871 bits per heavy atom. The molecule has 3 aromatic rings. The summed E-state index contributed by atoms with van der Waals surface area (Å²) >= 11 is 6.26. The van der Waals surface area contributed by atoms with Gasteiger partial charge in [0.05, 0.1) is 11.3 Å². The van der Waals surface area contributed by atoms with Crippen molar-refractivity contribution >= 4 is 40.4 Å². The zero-order valence-electron chi connectivity index (χ0n) is 17.6. The van der Waals surface area contributed by atoms with Crippen molar-refractivity contribution in [2.75, 3.05) is 10.2 Å². The number of rotatable bonds is 5. The summed E-state index contributed by atoms with van der Waals surface area (Å²) in [7, 11) is 0. The van der Waals surface area contributed by atoms with E-state index in [1.54, 1.807) is 6.07 Å². The van der Waals surface area contributed by atoms with Gasteiger partial charge in [-0.05, 0) is 53.8 Å². The highest BCUT2D eigenvalue weighted by atomic mass is 35.5. The van der Waals surface area contributed by atoms with Gasteiger partial charge in [0.2, 0.25) is 0 Å². The normalized spacial score (nSPS) is 14.0. The number of benzene rings is 3. The molecule has 1 heterocycles. The van der Waals surface area contributed by atoms with Crippen molar-refractivity contribution in [3.63, 3.8) is 0 Å². The summed E-state index contributed by atoms with van der Waals surface area (Å²) in [5.74, 6) is -0.382. The highest BCUT2D eigenvalue weighted by Gasteiger charge is 2.40. The van der Waals surface area contributed by atoms with Crippen molar-refractivity contribution in [1.82, 2.24) is 0 Å². The summed E-state index contributed by atoms with van der Waals surface area (Å²) in [6.45, 7) is 6.11. The molecule has 4 nitrogen and oxygen atoms in total. The van der Waals surface area contributed by atoms with Crippen LogP contribution in [0.5, 0.6) is 0 Å². The maximum Gasteiger partial charge on any atom is 0.282 e. The van der Waals surface area contributed by atoms with E-state index in [-0.39, 0.29) is 11.6 Å². The molecule has 2 amide bonds. The number of anilines is 2. The predicted octanol–water partition coefficient (Wildman–Crippen LogP) is 6.17. The molecule has 156 valence electrons. The lowest BCUT2D eigenvalue weighted by Crippen LogP contribution is -2.32. The second-order valence-electron chi connectivity index (χ2n) is 7.90. The molecule has 1 aliphatic heterocycles. The van der Waals surface area contributed by atoms with E-state index < -0.39 is 5.91 Å². The number of nitrogens with zero attached hydrogens (tertiary/aromatic N) is 1. The third-order valence-corrected chi connectivity index (χ3v) is 5.81. The summed E-state index contributed by atoms with van der Waals surface area (Å²) in [5, 5.41) is 3.74. The molecular formula is C26H23ClN2O2. The first-order valence-corrected chi connectivity index (χ1v) is 10.6. The monoisotopic (exact) mass is 430 g/mol. The first-order valence-electron chi connectivity index (χ1n) is 10.2. The minimum absolute atomic E-state index is 0.240. The molecule has 3 aromatic carbocycles. The number of hydrogen-bond acceptors (Lipinski definition) is 3. The van der Waals surface area contributed by atoms with Crippen LogP contribution in [0.1, 0.15) is 36.5 Å². The van der Waals surface area contributed by atoms with E-state index in [1.165, 1.54) is 4.90 Å². The predicted molar refractivity (Wildman–Crippen MR) is 126 cm³/mol. The minimum Gasteiger partial charge on any atom is -0.350 e. The summed E-state index contributed by atoms with van der Waals surface area (Å²) in [6, 6.07) is 22.2. The summed E-state index contributed by atoms with van der Waals surface area (Å²) in [5.41, 5.74) is 4.54. The summed E-state index contributed by atoms with van der Waals surface area (Å²) in [4.78, 5) is 28.1. The largest absolute Gasteiger partial charge is 0.350 e. The maximum atomic E-state index is 13.4. The Balaban J connectivity index is 1.77. The molecule has 0 aromatic heterocycles. The average Bonchev–Trinajstić information content (AvgIpc) is 3.01. The standard InChI is InChI=1S/C26H23ClN2O2/c1-16(2)18-10-13-21(14-11-18)29-25(30)23(19-7-5-4-6-8-19)24(26(29)31)28-20-12-9-17(3)22(27)15-20/h4-16,28H,1-3H3. The highest BCUT2D eigenvalue weighted by Crippen LogP contribution is 2.34. The van der Waals surface area contributed by atoms with Gasteiger partial charge in [-0.1, -0.05) is 74.0 Å². The van der Waals surface area contributed by atoms with Gasteiger partial charge in [-0.2, -0.15) is 0 Å². The third kappa shape index (κ3) is 3.99. The molecule has 0 unspecified atom stereocenters. The molecule has 1 aliphatic rings. The third-order valence-electron chi connectivity index (χ3n) is 5.41. The van der Waals surface area contributed by atoms with Crippen molar-refractivity contribution in [2.45, 2.75) is 26.7 Å². The number of halogens is 1. The highest BCUT2D eigenvalue weighted by molar-refractivity contribution is 6.46. The van der Waals surface area contributed by atoms with Crippen molar-refractivity contribution in [3.05, 3.63) is 100 Å². The SMILES string of the molecule is Cc1ccc(NC2=C(c3ccccc3)C(=O)N(c3ccc(C(C)C)cc3)C2=O)cc1Cl. The molecule has 4 rings (SSSR count). The van der Waals surface area contributed by atoms with E-state index >= 15 is 0 Å². The number of imide groups is 1. The van der Waals surface area contributed by atoms with Gasteiger partial charge in [0, 0.05) is 10.7 Å². The number of nitrogens with one attached hydrogen (secondary N) is 1. The second kappa shape index (κ2) is 8.40. The van der Waals surface area contributed by atoms with Crippen LogP contribution in [-0.4, -0.2) is 11.8 Å². The maximum absolute atomic E-state index is 13.4. The Morgan fingerprint density at radius 2 is 1.55 bits per heavy atom. The Labute approximate surface area is 187 Å². The van der Waals surface area contributed by atoms with Crippen LogP contribution in [0, 0.1) is 6.92 Å². The van der Waals surface area contributed by atoms with Crippen molar-refractivity contribution in [1.29, 1.82) is 0 Å². The van der Waals surface area contributed by atoms with Gasteiger partial charge < -0.3 is 5.32 Å². The van der Waals surface area contributed by atoms with Crippen LogP contribution < -0.4 is 10.2 Å². The quantitative estimate of drug-likeness (QED) is 0.492. The fraction of sp³-hybridized carbons (Fsp3) is 0.154. The molecular weight excluding hydrogens is 408 g/mol. The Morgan fingerprint density at radius 3 is 2.16 bits per heavy atom. The zero-order valence-corrected chi connectivity index (χ0v) is 18.4. The first kappa shape index (κ1) is 20.9. The van der Waals surface area contributed by atoms with E-state index in [1.807, 2.05) is 73.7 Å². The molecule has 0 fully saturated rings. The number of amides is 2. The first-order chi connectivity index (χ1) is 14.9. The van der Waals surface area contributed by atoms with Crippen LogP contribution >= 0.6 is 11.6 Å². The molecule has 0 radical (unpaired) electrons. The number of aryl methyl sites for hydroxylation is 1. The van der Waals surface area contributed by atoms with Crippen LogP contribution in [0.4, 0.5) is 11.4 Å². The van der Waals surface area contributed by atoms with E-state index in [0.29, 0.717) is 33.5 Å². The van der Waals surface area contributed by atoms with Gasteiger partial charge >= 0.3 is 0 Å². The minimum atomic E-state index is -0.391. The zero-order chi connectivity index (χ0) is 22.1. The average molecular weight is 431 g/mol. The van der Waals surface area contributed by atoms with E-state index in [2.05, 4.69) is 19.2 Å². The Bertz CT molecular complexity index is 1180. The van der Waals surface area contributed by atoms with Crippen LogP contribution in [0.15, 0.2) is 78.5 Å². The molecule has 0 saturated heterocycles. The fourth-order valence-corrected chi connectivity index (χ4v) is 3.76. The van der Waals surface area contributed by atoms with E-state index in [9.17, 15) is 9.59 Å².